The molecular formula is C14H17ClN2O3. The SMILES string of the molecule is O=C(NCC[C@H](O)c1cccc(Cl)c1)C(=O)NC1CC1. The molecule has 0 spiro atoms. The summed E-state index contributed by atoms with van der Waals surface area (Å²) in [4.78, 5) is 22.8. The lowest BCUT2D eigenvalue weighted by Crippen LogP contribution is -2.41. The van der Waals surface area contributed by atoms with Gasteiger partial charge in [-0.25, -0.2) is 0 Å². The second-order valence-corrected chi connectivity index (χ2v) is 5.30. The van der Waals surface area contributed by atoms with E-state index >= 15 is 0 Å². The number of benzene rings is 1. The third-order valence-electron chi connectivity index (χ3n) is 3.06. The molecule has 1 aromatic carbocycles. The minimum absolute atomic E-state index is 0.158. The number of hydrogen-bond acceptors (Lipinski definition) is 3. The lowest BCUT2D eigenvalue weighted by Gasteiger charge is -2.12. The second-order valence-electron chi connectivity index (χ2n) is 4.86. The van der Waals surface area contributed by atoms with Gasteiger partial charge in [-0.1, -0.05) is 23.7 Å². The Morgan fingerprint density at radius 2 is 2.10 bits per heavy atom. The third-order valence-corrected chi connectivity index (χ3v) is 3.29. The van der Waals surface area contributed by atoms with Gasteiger partial charge in [-0.15, -0.1) is 0 Å². The zero-order valence-corrected chi connectivity index (χ0v) is 11.7. The van der Waals surface area contributed by atoms with Gasteiger partial charge < -0.3 is 15.7 Å². The van der Waals surface area contributed by atoms with Gasteiger partial charge in [-0.3, -0.25) is 9.59 Å². The number of nitrogens with one attached hydrogen (secondary N) is 2. The first kappa shape index (κ1) is 14.8. The van der Waals surface area contributed by atoms with Gasteiger partial charge in [-0.2, -0.15) is 0 Å². The summed E-state index contributed by atoms with van der Waals surface area (Å²) in [5, 5.41) is 15.6. The van der Waals surface area contributed by atoms with Gasteiger partial charge in [-0.05, 0) is 37.0 Å². The Morgan fingerprint density at radius 3 is 2.75 bits per heavy atom. The molecule has 1 aliphatic carbocycles. The summed E-state index contributed by atoms with van der Waals surface area (Å²) < 4.78 is 0. The van der Waals surface area contributed by atoms with Crippen molar-refractivity contribution in [1.82, 2.24) is 10.6 Å². The van der Waals surface area contributed by atoms with Crippen LogP contribution in [0.3, 0.4) is 0 Å². The number of hydrogen-bond donors (Lipinski definition) is 3. The molecule has 0 saturated heterocycles. The molecule has 0 unspecified atom stereocenters. The van der Waals surface area contributed by atoms with Crippen molar-refractivity contribution in [3.05, 3.63) is 34.9 Å². The van der Waals surface area contributed by atoms with Crippen molar-refractivity contribution in [2.45, 2.75) is 31.4 Å². The molecule has 0 radical (unpaired) electrons. The zero-order chi connectivity index (χ0) is 14.5. The molecular weight excluding hydrogens is 280 g/mol. The van der Waals surface area contributed by atoms with Crippen LogP contribution in [0.5, 0.6) is 0 Å². The predicted molar refractivity (Wildman–Crippen MR) is 75.2 cm³/mol. The monoisotopic (exact) mass is 296 g/mol. The summed E-state index contributed by atoms with van der Waals surface area (Å²) in [6.45, 7) is 0.227. The van der Waals surface area contributed by atoms with Crippen LogP contribution >= 0.6 is 11.6 Å². The minimum atomic E-state index is -0.722. The van der Waals surface area contributed by atoms with Crippen molar-refractivity contribution in [1.29, 1.82) is 0 Å². The summed E-state index contributed by atoms with van der Waals surface area (Å²) >= 11 is 5.84. The first-order valence-corrected chi connectivity index (χ1v) is 6.96. The number of carbonyl (C=O) groups excluding carboxylic acids is 2. The van der Waals surface area contributed by atoms with Crippen LogP contribution in [-0.4, -0.2) is 29.5 Å². The van der Waals surface area contributed by atoms with Crippen molar-refractivity contribution in [3.8, 4) is 0 Å². The van der Waals surface area contributed by atoms with Gasteiger partial charge >= 0.3 is 11.8 Å². The van der Waals surface area contributed by atoms with Crippen LogP contribution in [0, 0.1) is 0 Å². The Labute approximate surface area is 122 Å². The maximum absolute atomic E-state index is 11.5. The van der Waals surface area contributed by atoms with E-state index in [4.69, 9.17) is 11.6 Å². The molecule has 1 fully saturated rings. The molecule has 5 nitrogen and oxygen atoms in total. The molecule has 0 heterocycles. The van der Waals surface area contributed by atoms with Gasteiger partial charge in [0.2, 0.25) is 0 Å². The molecule has 1 atom stereocenters. The van der Waals surface area contributed by atoms with E-state index in [0.717, 1.165) is 12.8 Å². The number of aliphatic hydroxyl groups is 1. The van der Waals surface area contributed by atoms with Crippen molar-refractivity contribution >= 4 is 23.4 Å². The summed E-state index contributed by atoms with van der Waals surface area (Å²) in [6, 6.07) is 7.07. The molecule has 2 amide bonds. The normalized spacial score (nSPS) is 15.5. The summed E-state index contributed by atoms with van der Waals surface area (Å²) in [5.41, 5.74) is 0.689. The lowest BCUT2D eigenvalue weighted by atomic mass is 10.1. The van der Waals surface area contributed by atoms with Crippen LogP contribution in [0.15, 0.2) is 24.3 Å². The first-order valence-electron chi connectivity index (χ1n) is 6.58. The molecule has 1 aliphatic rings. The highest BCUT2D eigenvalue weighted by Crippen LogP contribution is 2.20. The standard InChI is InChI=1S/C14H17ClN2O3/c15-10-3-1-2-9(8-10)12(18)6-7-16-13(19)14(20)17-11-4-5-11/h1-3,8,11-12,18H,4-7H2,(H,16,19)(H,17,20)/t12-/m0/s1. The fourth-order valence-electron chi connectivity index (χ4n) is 1.76. The summed E-state index contributed by atoms with van der Waals surface area (Å²) in [5.74, 6) is -1.26. The van der Waals surface area contributed by atoms with Crippen molar-refractivity contribution in [2.24, 2.45) is 0 Å². The molecule has 0 aromatic heterocycles. The van der Waals surface area contributed by atoms with E-state index in [0.29, 0.717) is 17.0 Å². The largest absolute Gasteiger partial charge is 0.388 e. The first-order chi connectivity index (χ1) is 9.56. The van der Waals surface area contributed by atoms with E-state index in [-0.39, 0.29) is 12.6 Å². The molecule has 0 aliphatic heterocycles. The van der Waals surface area contributed by atoms with Crippen LogP contribution in [0.25, 0.3) is 0 Å². The van der Waals surface area contributed by atoms with Crippen LogP contribution in [0.4, 0.5) is 0 Å². The van der Waals surface area contributed by atoms with Crippen LogP contribution in [0.1, 0.15) is 30.9 Å². The molecule has 2 rings (SSSR count). The number of carbonyl (C=O) groups is 2. The Kier molecular flexibility index (Phi) is 4.98. The summed E-state index contributed by atoms with van der Waals surface area (Å²) in [7, 11) is 0. The predicted octanol–water partition coefficient (Wildman–Crippen LogP) is 1.16. The molecule has 1 aromatic rings. The van der Waals surface area contributed by atoms with E-state index in [2.05, 4.69) is 10.6 Å². The van der Waals surface area contributed by atoms with E-state index in [9.17, 15) is 14.7 Å². The highest BCUT2D eigenvalue weighted by atomic mass is 35.5. The van der Waals surface area contributed by atoms with Crippen molar-refractivity contribution < 1.29 is 14.7 Å². The maximum Gasteiger partial charge on any atom is 0.309 e. The fraction of sp³-hybridized carbons (Fsp3) is 0.429. The van der Waals surface area contributed by atoms with Crippen LogP contribution in [0.2, 0.25) is 5.02 Å². The average molecular weight is 297 g/mol. The number of halogens is 1. The highest BCUT2D eigenvalue weighted by molar-refractivity contribution is 6.35. The zero-order valence-electron chi connectivity index (χ0n) is 10.9. The average Bonchev–Trinajstić information content (AvgIpc) is 3.22. The van der Waals surface area contributed by atoms with Crippen LogP contribution in [-0.2, 0) is 9.59 Å². The van der Waals surface area contributed by atoms with Gasteiger partial charge in [0.25, 0.3) is 0 Å². The van der Waals surface area contributed by atoms with E-state index in [1.165, 1.54) is 0 Å². The molecule has 0 bridgehead atoms. The van der Waals surface area contributed by atoms with Gasteiger partial charge in [0.05, 0.1) is 6.10 Å². The van der Waals surface area contributed by atoms with Gasteiger partial charge in [0.1, 0.15) is 0 Å². The Hall–Kier alpha value is -1.59. The highest BCUT2D eigenvalue weighted by Gasteiger charge is 2.26. The molecule has 1 saturated carbocycles. The van der Waals surface area contributed by atoms with Crippen molar-refractivity contribution in [3.63, 3.8) is 0 Å². The lowest BCUT2D eigenvalue weighted by molar-refractivity contribution is -0.139. The second kappa shape index (κ2) is 6.72. The quantitative estimate of drug-likeness (QED) is 0.714. The number of aliphatic hydroxyl groups excluding tert-OH is 1. The van der Waals surface area contributed by atoms with E-state index < -0.39 is 17.9 Å². The van der Waals surface area contributed by atoms with E-state index in [1.807, 2.05) is 0 Å². The number of rotatable bonds is 5. The number of amides is 2. The van der Waals surface area contributed by atoms with Gasteiger partial charge in [0, 0.05) is 17.6 Å². The van der Waals surface area contributed by atoms with Gasteiger partial charge in [0.15, 0.2) is 0 Å². The molecule has 108 valence electrons. The van der Waals surface area contributed by atoms with Crippen LogP contribution < -0.4 is 10.6 Å². The minimum Gasteiger partial charge on any atom is -0.388 e. The Balaban J connectivity index is 1.71. The maximum atomic E-state index is 11.5. The fourth-order valence-corrected chi connectivity index (χ4v) is 1.96. The topological polar surface area (TPSA) is 78.4 Å². The molecule has 20 heavy (non-hydrogen) atoms. The third kappa shape index (κ3) is 4.51. The van der Waals surface area contributed by atoms with Crippen molar-refractivity contribution in [2.75, 3.05) is 6.54 Å². The summed E-state index contributed by atoms with van der Waals surface area (Å²) in [6.07, 6.45) is 1.47. The smallest absolute Gasteiger partial charge is 0.309 e. The molecule has 3 N–H and O–H groups in total. The van der Waals surface area contributed by atoms with E-state index in [1.54, 1.807) is 24.3 Å². The Bertz CT molecular complexity index is 503. The molecule has 6 heteroatoms. The Morgan fingerprint density at radius 1 is 1.35 bits per heavy atom.